The Bertz CT molecular complexity index is 1140. The summed E-state index contributed by atoms with van der Waals surface area (Å²) in [5, 5.41) is 5.85. The van der Waals surface area contributed by atoms with Crippen molar-refractivity contribution in [3.8, 4) is 0 Å². The smallest absolute Gasteiger partial charge is 0.273 e. The van der Waals surface area contributed by atoms with Crippen LogP contribution in [0.5, 0.6) is 0 Å². The van der Waals surface area contributed by atoms with Gasteiger partial charge in [0.05, 0.1) is 0 Å². The van der Waals surface area contributed by atoms with Gasteiger partial charge in [-0.1, -0.05) is 20.3 Å². The topological polar surface area (TPSA) is 67.9 Å². The number of rotatable bonds is 5. The van der Waals surface area contributed by atoms with E-state index >= 15 is 0 Å². The van der Waals surface area contributed by atoms with Crippen LogP contribution in [0.4, 0.5) is 17.6 Å². The van der Waals surface area contributed by atoms with Crippen LogP contribution >= 0.6 is 20.3 Å². The minimum atomic E-state index is -1.39. The standard InChI is InChI=1S/C22H22F4N3O2PS/c1-11(31-2)21(30)29-22(33-20(28-29)15-7-13(23)3-4-17(15)25)12(5-6-27)10-32-19-16(22)8-14(24)9-18(19)26/h3-4,7-9,11-12,32H,5-6,10,27H2,1-2H3/t11-,12?,22-/m0/s1. The third-order valence-electron chi connectivity index (χ3n) is 5.86. The Morgan fingerprint density at radius 3 is 2.73 bits per heavy atom. The summed E-state index contributed by atoms with van der Waals surface area (Å²) in [7, 11) is 1.38. The first-order chi connectivity index (χ1) is 15.7. The molecule has 4 rings (SSSR count). The Hall–Kier alpha value is -2.00. The average Bonchev–Trinajstić information content (AvgIpc) is 3.17. The Labute approximate surface area is 194 Å². The first-order valence-electron chi connectivity index (χ1n) is 10.3. The van der Waals surface area contributed by atoms with E-state index in [2.05, 4.69) is 5.10 Å². The lowest BCUT2D eigenvalue weighted by Gasteiger charge is -2.46. The SMILES string of the molecule is CO[C@@H](C)C(=O)N1N=C(c2cc(F)ccc2F)S[C@@]12c1cc(F)cc(F)c1PCC2CCN. The highest BCUT2D eigenvalue weighted by molar-refractivity contribution is 8.15. The van der Waals surface area contributed by atoms with E-state index in [-0.39, 0.29) is 42.5 Å². The molecule has 2 aliphatic rings. The number of benzene rings is 2. The van der Waals surface area contributed by atoms with Crippen LogP contribution in [0.1, 0.15) is 24.5 Å². The summed E-state index contributed by atoms with van der Waals surface area (Å²) in [6, 6.07) is 4.93. The predicted molar refractivity (Wildman–Crippen MR) is 122 cm³/mol. The second kappa shape index (κ2) is 9.33. The molecule has 11 heteroatoms. The third kappa shape index (κ3) is 4.07. The van der Waals surface area contributed by atoms with Crippen molar-refractivity contribution in [1.29, 1.82) is 0 Å². The van der Waals surface area contributed by atoms with Crippen LogP contribution in [-0.4, -0.2) is 41.9 Å². The second-order valence-electron chi connectivity index (χ2n) is 7.82. The Morgan fingerprint density at radius 1 is 1.27 bits per heavy atom. The van der Waals surface area contributed by atoms with Crippen LogP contribution in [0.15, 0.2) is 35.4 Å². The van der Waals surface area contributed by atoms with Crippen LogP contribution in [0, 0.1) is 29.2 Å². The fourth-order valence-corrected chi connectivity index (χ4v) is 7.60. The fourth-order valence-electron chi connectivity index (χ4n) is 4.18. The maximum Gasteiger partial charge on any atom is 0.273 e. The van der Waals surface area contributed by atoms with Crippen molar-refractivity contribution in [2.45, 2.75) is 24.3 Å². The van der Waals surface area contributed by atoms with Gasteiger partial charge >= 0.3 is 0 Å². The van der Waals surface area contributed by atoms with E-state index in [1.165, 1.54) is 20.1 Å². The molecule has 1 spiro atoms. The van der Waals surface area contributed by atoms with E-state index in [0.717, 1.165) is 41.0 Å². The summed E-state index contributed by atoms with van der Waals surface area (Å²) >= 11 is 0.991. The largest absolute Gasteiger partial charge is 0.372 e. The third-order valence-corrected chi connectivity index (χ3v) is 8.95. The number of amides is 1. The molecule has 0 fully saturated rings. The monoisotopic (exact) mass is 499 g/mol. The molecule has 4 atom stereocenters. The lowest BCUT2D eigenvalue weighted by atomic mass is 9.89. The van der Waals surface area contributed by atoms with Gasteiger partial charge in [-0.25, -0.2) is 22.6 Å². The van der Waals surface area contributed by atoms with Crippen LogP contribution in [0.3, 0.4) is 0 Å². The minimum Gasteiger partial charge on any atom is -0.372 e. The molecule has 33 heavy (non-hydrogen) atoms. The number of fused-ring (bicyclic) bond motifs is 2. The molecule has 176 valence electrons. The van der Waals surface area contributed by atoms with E-state index in [1.807, 2.05) is 0 Å². The van der Waals surface area contributed by atoms with E-state index in [4.69, 9.17) is 10.5 Å². The molecule has 5 nitrogen and oxygen atoms in total. The molecule has 2 aromatic rings. The minimum absolute atomic E-state index is 0.0263. The molecule has 0 radical (unpaired) electrons. The van der Waals surface area contributed by atoms with E-state index in [1.54, 1.807) is 0 Å². The van der Waals surface area contributed by atoms with Crippen molar-refractivity contribution >= 4 is 36.6 Å². The summed E-state index contributed by atoms with van der Waals surface area (Å²) in [4.78, 5) is 12.0. The number of thioether (sulfide) groups is 1. The van der Waals surface area contributed by atoms with E-state index in [0.29, 0.717) is 12.6 Å². The number of hydrogen-bond donors (Lipinski definition) is 1. The van der Waals surface area contributed by atoms with Gasteiger partial charge in [-0.05, 0) is 50.3 Å². The molecular weight excluding hydrogens is 477 g/mol. The van der Waals surface area contributed by atoms with Gasteiger partial charge in [0, 0.05) is 35.5 Å². The number of nitrogens with zero attached hydrogens (tertiary/aromatic N) is 2. The Morgan fingerprint density at radius 2 is 2.03 bits per heavy atom. The molecule has 0 aliphatic carbocycles. The number of ether oxygens (including phenoxy) is 1. The van der Waals surface area contributed by atoms with E-state index in [9.17, 15) is 22.4 Å². The molecule has 2 aromatic carbocycles. The zero-order valence-electron chi connectivity index (χ0n) is 17.9. The number of hydrogen-bond acceptors (Lipinski definition) is 5. The number of carbonyl (C=O) groups excluding carboxylic acids is 1. The molecule has 1 amide bonds. The van der Waals surface area contributed by atoms with Gasteiger partial charge in [0.25, 0.3) is 5.91 Å². The average molecular weight is 499 g/mol. The molecule has 2 heterocycles. The normalized spacial score (nSPS) is 23.7. The molecule has 2 N–H and O–H groups in total. The van der Waals surface area contributed by atoms with E-state index < -0.39 is 40.2 Å². The molecule has 0 saturated heterocycles. The van der Waals surface area contributed by atoms with Gasteiger partial charge in [-0.3, -0.25) is 4.79 Å². The molecule has 0 saturated carbocycles. The highest BCUT2D eigenvalue weighted by Crippen LogP contribution is 2.57. The summed E-state index contributed by atoms with van der Waals surface area (Å²) in [5.41, 5.74) is 5.97. The van der Waals surface area contributed by atoms with Crippen molar-refractivity contribution in [2.75, 3.05) is 19.8 Å². The second-order valence-corrected chi connectivity index (χ2v) is 10.3. The molecule has 0 bridgehead atoms. The number of carbonyl (C=O) groups is 1. The highest BCUT2D eigenvalue weighted by Gasteiger charge is 2.57. The molecule has 2 aliphatic heterocycles. The van der Waals surface area contributed by atoms with Gasteiger partial charge in [-0.15, -0.1) is 0 Å². The Kier molecular flexibility index (Phi) is 6.82. The quantitative estimate of drug-likeness (QED) is 0.504. The van der Waals surface area contributed by atoms with Crippen molar-refractivity contribution in [3.63, 3.8) is 0 Å². The highest BCUT2D eigenvalue weighted by atomic mass is 32.2. The van der Waals surface area contributed by atoms with Gasteiger partial charge in [0.2, 0.25) is 0 Å². The van der Waals surface area contributed by atoms with Crippen molar-refractivity contribution in [3.05, 3.63) is 64.7 Å². The summed E-state index contributed by atoms with van der Waals surface area (Å²) < 4.78 is 63.1. The van der Waals surface area contributed by atoms with Crippen LogP contribution < -0.4 is 11.0 Å². The van der Waals surface area contributed by atoms with Crippen molar-refractivity contribution in [1.82, 2.24) is 5.01 Å². The zero-order valence-corrected chi connectivity index (χ0v) is 19.7. The number of halogens is 4. The Balaban J connectivity index is 1.97. The summed E-state index contributed by atoms with van der Waals surface area (Å²) in [5.74, 6) is -3.84. The van der Waals surface area contributed by atoms with Crippen molar-refractivity contribution in [2.24, 2.45) is 16.8 Å². The summed E-state index contributed by atoms with van der Waals surface area (Å²) in [6.07, 6.45) is -0.0380. The maximum atomic E-state index is 14.8. The van der Waals surface area contributed by atoms with Gasteiger partial charge in [-0.2, -0.15) is 5.10 Å². The predicted octanol–water partition coefficient (Wildman–Crippen LogP) is 3.65. The lowest BCUT2D eigenvalue weighted by molar-refractivity contribution is -0.146. The van der Waals surface area contributed by atoms with Crippen molar-refractivity contribution < 1.29 is 27.1 Å². The molecule has 2 unspecified atom stereocenters. The lowest BCUT2D eigenvalue weighted by Crippen LogP contribution is -2.54. The molecule has 0 aromatic heterocycles. The zero-order chi connectivity index (χ0) is 23.9. The number of methoxy groups -OCH3 is 1. The summed E-state index contributed by atoms with van der Waals surface area (Å²) in [6.45, 7) is 1.78. The number of nitrogens with two attached hydrogens (primary N) is 1. The first-order valence-corrected chi connectivity index (χ1v) is 12.3. The van der Waals surface area contributed by atoms with Gasteiger partial charge in [0.1, 0.15) is 39.3 Å². The van der Waals surface area contributed by atoms with Gasteiger partial charge in [0.15, 0.2) is 0 Å². The molecular formula is C22H22F4N3O2PS. The van der Waals surface area contributed by atoms with Crippen LogP contribution in [-0.2, 0) is 14.4 Å². The maximum absolute atomic E-state index is 14.8. The van der Waals surface area contributed by atoms with Crippen LogP contribution in [0.25, 0.3) is 0 Å². The fraction of sp³-hybridized carbons (Fsp3) is 0.364. The van der Waals surface area contributed by atoms with Crippen LogP contribution in [0.2, 0.25) is 0 Å². The first kappa shape index (κ1) is 24.1. The number of hydrazone groups is 1. The van der Waals surface area contributed by atoms with Gasteiger partial charge < -0.3 is 10.5 Å².